The van der Waals surface area contributed by atoms with Gasteiger partial charge in [-0.3, -0.25) is 9.59 Å². The fourth-order valence-electron chi connectivity index (χ4n) is 3.39. The monoisotopic (exact) mass is 427 g/mol. The van der Waals surface area contributed by atoms with Crippen LogP contribution in [0.3, 0.4) is 0 Å². The second-order valence-electron chi connectivity index (χ2n) is 7.82. The minimum Gasteiger partial charge on any atom is -0.451 e. The lowest BCUT2D eigenvalue weighted by Gasteiger charge is -2.14. The number of carbonyl (C=O) groups is 2. The van der Waals surface area contributed by atoms with Crippen molar-refractivity contribution in [2.24, 2.45) is 0 Å². The van der Waals surface area contributed by atoms with E-state index in [1.165, 1.54) is 0 Å². The summed E-state index contributed by atoms with van der Waals surface area (Å²) in [5.41, 5.74) is 4.32. The van der Waals surface area contributed by atoms with Crippen LogP contribution < -0.4 is 15.5 Å². The molecule has 0 aliphatic heterocycles. The van der Waals surface area contributed by atoms with Crippen molar-refractivity contribution < 1.29 is 14.0 Å². The Balaban J connectivity index is 1.30. The van der Waals surface area contributed by atoms with Crippen molar-refractivity contribution in [1.29, 1.82) is 0 Å². The van der Waals surface area contributed by atoms with Crippen LogP contribution in [0.2, 0.25) is 0 Å². The van der Waals surface area contributed by atoms with E-state index >= 15 is 0 Å². The van der Waals surface area contributed by atoms with Crippen molar-refractivity contribution in [3.63, 3.8) is 0 Å². The van der Waals surface area contributed by atoms with E-state index in [-0.39, 0.29) is 24.0 Å². The molecular weight excluding hydrogens is 402 g/mol. The SMILES string of the molecule is CN(C)c1cccc(CNC(=O)Cc2ccc(NC(=O)c3cc4ccccc4o3)cc2)c1. The van der Waals surface area contributed by atoms with Crippen molar-refractivity contribution in [2.75, 3.05) is 24.3 Å². The molecule has 1 heterocycles. The van der Waals surface area contributed by atoms with Crippen LogP contribution in [-0.2, 0) is 17.8 Å². The van der Waals surface area contributed by atoms with E-state index in [1.807, 2.05) is 73.6 Å². The van der Waals surface area contributed by atoms with E-state index in [4.69, 9.17) is 4.42 Å². The molecule has 4 aromatic rings. The molecule has 32 heavy (non-hydrogen) atoms. The van der Waals surface area contributed by atoms with E-state index in [9.17, 15) is 9.59 Å². The Labute approximate surface area is 186 Å². The van der Waals surface area contributed by atoms with Crippen LogP contribution in [0.15, 0.2) is 83.3 Å². The number of nitrogens with one attached hydrogen (secondary N) is 2. The topological polar surface area (TPSA) is 74.6 Å². The maximum Gasteiger partial charge on any atom is 0.291 e. The molecule has 0 unspecified atom stereocenters. The maximum atomic E-state index is 12.5. The molecular formula is C26H25N3O3. The second-order valence-corrected chi connectivity index (χ2v) is 7.82. The van der Waals surface area contributed by atoms with Crippen LogP contribution in [0.5, 0.6) is 0 Å². The first-order valence-electron chi connectivity index (χ1n) is 10.4. The Kier molecular flexibility index (Phi) is 6.22. The Hall–Kier alpha value is -4.06. The molecule has 2 N–H and O–H groups in total. The van der Waals surface area contributed by atoms with Crippen LogP contribution in [0, 0.1) is 0 Å². The van der Waals surface area contributed by atoms with E-state index in [0.29, 0.717) is 17.8 Å². The largest absolute Gasteiger partial charge is 0.451 e. The molecule has 0 aliphatic rings. The summed E-state index contributed by atoms with van der Waals surface area (Å²) in [6, 6.07) is 24.5. The molecule has 0 fully saturated rings. The molecule has 0 bridgehead atoms. The number of para-hydroxylation sites is 1. The highest BCUT2D eigenvalue weighted by Gasteiger charge is 2.12. The first kappa shape index (κ1) is 21.2. The van der Waals surface area contributed by atoms with Crippen molar-refractivity contribution in [2.45, 2.75) is 13.0 Å². The zero-order valence-electron chi connectivity index (χ0n) is 18.1. The molecule has 0 spiro atoms. The van der Waals surface area contributed by atoms with Crippen molar-refractivity contribution >= 4 is 34.2 Å². The summed E-state index contributed by atoms with van der Waals surface area (Å²) in [5, 5.41) is 6.66. The minimum absolute atomic E-state index is 0.0562. The summed E-state index contributed by atoms with van der Waals surface area (Å²) in [7, 11) is 3.97. The summed E-state index contributed by atoms with van der Waals surface area (Å²) in [4.78, 5) is 26.8. The van der Waals surface area contributed by atoms with Gasteiger partial charge in [0.1, 0.15) is 5.58 Å². The van der Waals surface area contributed by atoms with E-state index in [0.717, 1.165) is 22.2 Å². The number of furan rings is 1. The predicted molar refractivity (Wildman–Crippen MR) is 127 cm³/mol. The fraction of sp³-hybridized carbons (Fsp3) is 0.154. The van der Waals surface area contributed by atoms with Gasteiger partial charge in [-0.15, -0.1) is 0 Å². The number of rotatable bonds is 7. The van der Waals surface area contributed by atoms with Gasteiger partial charge in [-0.25, -0.2) is 0 Å². The van der Waals surface area contributed by atoms with Crippen LogP contribution in [0.4, 0.5) is 11.4 Å². The molecule has 6 heteroatoms. The summed E-state index contributed by atoms with van der Waals surface area (Å²) >= 11 is 0. The molecule has 0 saturated carbocycles. The molecule has 0 radical (unpaired) electrons. The zero-order chi connectivity index (χ0) is 22.5. The number of anilines is 2. The smallest absolute Gasteiger partial charge is 0.291 e. The number of benzene rings is 3. The zero-order valence-corrected chi connectivity index (χ0v) is 18.1. The Morgan fingerprint density at radius 3 is 2.41 bits per heavy atom. The van der Waals surface area contributed by atoms with Gasteiger partial charge in [0.05, 0.1) is 6.42 Å². The molecule has 0 aliphatic carbocycles. The van der Waals surface area contributed by atoms with Gasteiger partial charge in [-0.2, -0.15) is 0 Å². The van der Waals surface area contributed by atoms with E-state index in [2.05, 4.69) is 16.7 Å². The summed E-state index contributed by atoms with van der Waals surface area (Å²) in [6.07, 6.45) is 0.269. The highest BCUT2D eigenvalue weighted by Crippen LogP contribution is 2.20. The Bertz CT molecular complexity index is 1210. The third-order valence-corrected chi connectivity index (χ3v) is 5.14. The van der Waals surface area contributed by atoms with Gasteiger partial charge < -0.3 is 20.0 Å². The lowest BCUT2D eigenvalue weighted by Crippen LogP contribution is -2.24. The van der Waals surface area contributed by atoms with Gasteiger partial charge in [-0.05, 0) is 47.5 Å². The van der Waals surface area contributed by atoms with Gasteiger partial charge in [0.2, 0.25) is 5.91 Å². The molecule has 0 saturated heterocycles. The van der Waals surface area contributed by atoms with Gasteiger partial charge >= 0.3 is 0 Å². The van der Waals surface area contributed by atoms with Crippen LogP contribution >= 0.6 is 0 Å². The Morgan fingerprint density at radius 1 is 0.875 bits per heavy atom. The average Bonchev–Trinajstić information content (AvgIpc) is 3.24. The van der Waals surface area contributed by atoms with E-state index < -0.39 is 0 Å². The molecule has 0 atom stereocenters. The van der Waals surface area contributed by atoms with Crippen molar-refractivity contribution in [3.8, 4) is 0 Å². The average molecular weight is 428 g/mol. The summed E-state index contributed by atoms with van der Waals surface area (Å²) in [5.74, 6) is -0.112. The molecule has 2 amide bonds. The van der Waals surface area contributed by atoms with Gasteiger partial charge in [-0.1, -0.05) is 42.5 Å². The minimum atomic E-state index is -0.313. The highest BCUT2D eigenvalue weighted by molar-refractivity contribution is 6.04. The maximum absolute atomic E-state index is 12.5. The number of nitrogens with zero attached hydrogens (tertiary/aromatic N) is 1. The number of hydrogen-bond acceptors (Lipinski definition) is 4. The standard InChI is InChI=1S/C26H25N3O3/c1-29(2)22-8-5-6-19(14-22)17-27-25(30)15-18-10-12-21(13-11-18)28-26(31)24-16-20-7-3-4-9-23(20)32-24/h3-14,16H,15,17H2,1-2H3,(H,27,30)(H,28,31). The Morgan fingerprint density at radius 2 is 1.66 bits per heavy atom. The lowest BCUT2D eigenvalue weighted by atomic mass is 10.1. The summed E-state index contributed by atoms with van der Waals surface area (Å²) in [6.45, 7) is 0.478. The quantitative estimate of drug-likeness (QED) is 0.452. The number of carbonyl (C=O) groups excluding carboxylic acids is 2. The predicted octanol–water partition coefficient (Wildman–Crippen LogP) is 4.61. The molecule has 3 aromatic carbocycles. The van der Waals surface area contributed by atoms with Crippen molar-refractivity contribution in [1.82, 2.24) is 5.32 Å². The fourth-order valence-corrected chi connectivity index (χ4v) is 3.39. The number of fused-ring (bicyclic) bond motifs is 1. The third kappa shape index (κ3) is 5.16. The lowest BCUT2D eigenvalue weighted by molar-refractivity contribution is -0.120. The molecule has 4 rings (SSSR count). The van der Waals surface area contributed by atoms with Crippen LogP contribution in [0.25, 0.3) is 11.0 Å². The number of hydrogen-bond donors (Lipinski definition) is 2. The normalized spacial score (nSPS) is 10.7. The van der Waals surface area contributed by atoms with Crippen LogP contribution in [-0.4, -0.2) is 25.9 Å². The van der Waals surface area contributed by atoms with Gasteiger partial charge in [0.15, 0.2) is 5.76 Å². The van der Waals surface area contributed by atoms with Crippen LogP contribution in [0.1, 0.15) is 21.7 Å². The second kappa shape index (κ2) is 9.39. The first-order chi connectivity index (χ1) is 15.5. The molecule has 1 aromatic heterocycles. The summed E-state index contributed by atoms with van der Waals surface area (Å²) < 4.78 is 5.59. The molecule has 162 valence electrons. The highest BCUT2D eigenvalue weighted by atomic mass is 16.3. The van der Waals surface area contributed by atoms with Crippen molar-refractivity contribution in [3.05, 3.63) is 95.7 Å². The third-order valence-electron chi connectivity index (χ3n) is 5.14. The van der Waals surface area contributed by atoms with Gasteiger partial charge in [0, 0.05) is 37.4 Å². The number of amides is 2. The molecule has 6 nitrogen and oxygen atoms in total. The van der Waals surface area contributed by atoms with E-state index in [1.54, 1.807) is 18.2 Å². The van der Waals surface area contributed by atoms with Gasteiger partial charge in [0.25, 0.3) is 5.91 Å². The first-order valence-corrected chi connectivity index (χ1v) is 10.4.